The maximum absolute atomic E-state index is 12.3. The zero-order chi connectivity index (χ0) is 14.8. The zero-order valence-electron chi connectivity index (χ0n) is 10.8. The Morgan fingerprint density at radius 3 is 2.90 bits per heavy atom. The number of nitrogens with two attached hydrogens (primary N) is 1. The predicted octanol–water partition coefficient (Wildman–Crippen LogP) is 3.49. The minimum absolute atomic E-state index is 0.283. The quantitative estimate of drug-likeness (QED) is 0.510. The van der Waals surface area contributed by atoms with E-state index in [4.69, 9.17) is 17.4 Å². The van der Waals surface area contributed by atoms with E-state index in [0.717, 1.165) is 10.2 Å². The summed E-state index contributed by atoms with van der Waals surface area (Å²) in [5.74, 6) is 5.13. The zero-order valence-corrected chi connectivity index (χ0v) is 12.3. The van der Waals surface area contributed by atoms with Crippen LogP contribution >= 0.6 is 22.9 Å². The average molecular weight is 319 g/mol. The van der Waals surface area contributed by atoms with Gasteiger partial charge in [-0.1, -0.05) is 11.6 Å². The van der Waals surface area contributed by atoms with E-state index >= 15 is 0 Å². The predicted molar refractivity (Wildman–Crippen MR) is 86.8 cm³/mol. The lowest BCUT2D eigenvalue weighted by molar-refractivity contribution is 0.102. The number of anilines is 2. The van der Waals surface area contributed by atoms with Crippen LogP contribution in [0.25, 0.3) is 10.2 Å². The van der Waals surface area contributed by atoms with E-state index in [1.165, 1.54) is 11.3 Å². The molecular formula is C14H11ClN4OS. The number of fused-ring (bicyclic) bond motifs is 1. The highest BCUT2D eigenvalue weighted by Gasteiger charge is 2.12. The van der Waals surface area contributed by atoms with Crippen LogP contribution in [0.1, 0.15) is 10.4 Å². The Balaban J connectivity index is 1.90. The van der Waals surface area contributed by atoms with Gasteiger partial charge < -0.3 is 10.7 Å². The van der Waals surface area contributed by atoms with Crippen molar-refractivity contribution in [2.75, 3.05) is 10.7 Å². The monoisotopic (exact) mass is 318 g/mol. The highest BCUT2D eigenvalue weighted by atomic mass is 35.5. The number of nitrogen functional groups attached to an aromatic ring is 1. The Labute approximate surface area is 129 Å². The lowest BCUT2D eigenvalue weighted by Gasteiger charge is -2.10. The van der Waals surface area contributed by atoms with Crippen molar-refractivity contribution >= 4 is 50.4 Å². The number of thiazole rings is 1. The maximum atomic E-state index is 12.3. The van der Waals surface area contributed by atoms with Gasteiger partial charge in [-0.2, -0.15) is 0 Å². The van der Waals surface area contributed by atoms with Crippen molar-refractivity contribution in [2.24, 2.45) is 5.84 Å². The molecule has 0 bridgehead atoms. The molecule has 1 heterocycles. The molecule has 0 aliphatic heterocycles. The van der Waals surface area contributed by atoms with Crippen LogP contribution in [0.3, 0.4) is 0 Å². The Morgan fingerprint density at radius 1 is 1.24 bits per heavy atom. The summed E-state index contributed by atoms with van der Waals surface area (Å²) in [5, 5.41) is 3.30. The number of nitrogens with one attached hydrogen (secondary N) is 2. The van der Waals surface area contributed by atoms with Crippen molar-refractivity contribution in [1.29, 1.82) is 0 Å². The summed E-state index contributed by atoms with van der Waals surface area (Å²) in [5.41, 5.74) is 6.75. The molecule has 1 amide bonds. The first kappa shape index (κ1) is 13.8. The molecule has 3 rings (SSSR count). The third-order valence-electron chi connectivity index (χ3n) is 2.97. The van der Waals surface area contributed by atoms with Gasteiger partial charge in [-0.15, -0.1) is 11.3 Å². The van der Waals surface area contributed by atoms with Crippen molar-refractivity contribution in [3.05, 3.63) is 52.5 Å². The Morgan fingerprint density at radius 2 is 2.10 bits per heavy atom. The van der Waals surface area contributed by atoms with E-state index in [1.54, 1.807) is 29.8 Å². The van der Waals surface area contributed by atoms with Crippen molar-refractivity contribution in [2.45, 2.75) is 0 Å². The van der Waals surface area contributed by atoms with Crippen LogP contribution in [-0.2, 0) is 0 Å². The first-order valence-corrected chi connectivity index (χ1v) is 7.34. The highest BCUT2D eigenvalue weighted by Crippen LogP contribution is 2.24. The number of rotatable bonds is 3. The second kappa shape index (κ2) is 5.69. The van der Waals surface area contributed by atoms with Crippen molar-refractivity contribution in [3.8, 4) is 0 Å². The molecule has 0 unspecified atom stereocenters. The Hall–Kier alpha value is -2.15. The Bertz CT molecular complexity index is 818. The normalized spacial score (nSPS) is 10.6. The van der Waals surface area contributed by atoms with E-state index in [2.05, 4.69) is 15.7 Å². The lowest BCUT2D eigenvalue weighted by atomic mass is 10.1. The number of aromatic nitrogens is 1. The molecule has 4 N–H and O–H groups in total. The van der Waals surface area contributed by atoms with Gasteiger partial charge in [-0.3, -0.25) is 10.6 Å². The summed E-state index contributed by atoms with van der Waals surface area (Å²) in [6.45, 7) is 0. The van der Waals surface area contributed by atoms with Crippen LogP contribution in [0.5, 0.6) is 0 Å². The summed E-state index contributed by atoms with van der Waals surface area (Å²) in [4.78, 5) is 16.5. The number of hydrogen-bond donors (Lipinski definition) is 3. The molecule has 106 valence electrons. The maximum Gasteiger partial charge on any atom is 0.257 e. The Kier molecular flexibility index (Phi) is 3.74. The number of hydrogen-bond acceptors (Lipinski definition) is 5. The van der Waals surface area contributed by atoms with Crippen molar-refractivity contribution in [3.63, 3.8) is 0 Å². The second-order valence-corrected chi connectivity index (χ2v) is 5.65. The number of hydrazine groups is 1. The van der Waals surface area contributed by atoms with E-state index in [-0.39, 0.29) is 5.91 Å². The number of carbonyl (C=O) groups excluding carboxylic acids is 1. The van der Waals surface area contributed by atoms with Gasteiger partial charge in [-0.05, 0) is 36.4 Å². The number of amides is 1. The van der Waals surface area contributed by atoms with Crippen molar-refractivity contribution in [1.82, 2.24) is 4.98 Å². The van der Waals surface area contributed by atoms with Gasteiger partial charge in [0.1, 0.15) is 0 Å². The molecule has 0 aliphatic carbocycles. The highest BCUT2D eigenvalue weighted by molar-refractivity contribution is 7.16. The lowest BCUT2D eigenvalue weighted by Crippen LogP contribution is -2.17. The van der Waals surface area contributed by atoms with Gasteiger partial charge in [0.2, 0.25) is 0 Å². The van der Waals surface area contributed by atoms with E-state index < -0.39 is 0 Å². The molecule has 0 aliphatic rings. The van der Waals surface area contributed by atoms with E-state index in [9.17, 15) is 4.79 Å². The fourth-order valence-electron chi connectivity index (χ4n) is 1.96. The molecule has 7 heteroatoms. The summed E-state index contributed by atoms with van der Waals surface area (Å²) < 4.78 is 1.01. The summed E-state index contributed by atoms with van der Waals surface area (Å²) >= 11 is 7.45. The molecule has 5 nitrogen and oxygen atoms in total. The van der Waals surface area contributed by atoms with Gasteiger partial charge in [0.25, 0.3) is 5.91 Å². The molecule has 0 saturated carbocycles. The third-order valence-corrected chi connectivity index (χ3v) is 4.00. The minimum Gasteiger partial charge on any atom is -0.323 e. The molecule has 21 heavy (non-hydrogen) atoms. The minimum atomic E-state index is -0.283. The van der Waals surface area contributed by atoms with Gasteiger partial charge >= 0.3 is 0 Å². The summed E-state index contributed by atoms with van der Waals surface area (Å²) in [6.07, 6.45) is 0. The second-order valence-electron chi connectivity index (χ2n) is 4.32. The number of halogens is 1. The van der Waals surface area contributed by atoms with Crippen LogP contribution in [0, 0.1) is 0 Å². The topological polar surface area (TPSA) is 80.0 Å². The van der Waals surface area contributed by atoms with Crippen LogP contribution in [0.4, 0.5) is 11.4 Å². The molecule has 0 saturated heterocycles. The third kappa shape index (κ3) is 2.82. The first-order chi connectivity index (χ1) is 10.2. The van der Waals surface area contributed by atoms with E-state index in [0.29, 0.717) is 22.0 Å². The first-order valence-electron chi connectivity index (χ1n) is 6.08. The fourth-order valence-corrected chi connectivity index (χ4v) is 2.85. The fraction of sp³-hybridized carbons (Fsp3) is 0. The molecule has 3 aromatic rings. The number of nitrogens with zero attached hydrogens (tertiary/aromatic N) is 1. The van der Waals surface area contributed by atoms with E-state index in [1.807, 2.05) is 12.1 Å². The van der Waals surface area contributed by atoms with Crippen LogP contribution < -0.4 is 16.6 Å². The summed E-state index contributed by atoms with van der Waals surface area (Å²) in [6, 6.07) is 10.4. The summed E-state index contributed by atoms with van der Waals surface area (Å²) in [7, 11) is 0. The number of carbonyl (C=O) groups is 1. The van der Waals surface area contributed by atoms with Crippen LogP contribution in [0.15, 0.2) is 41.9 Å². The molecule has 0 radical (unpaired) electrons. The molecule has 1 aromatic heterocycles. The van der Waals surface area contributed by atoms with Gasteiger partial charge in [0, 0.05) is 10.7 Å². The average Bonchev–Trinajstić information content (AvgIpc) is 2.94. The smallest absolute Gasteiger partial charge is 0.257 e. The SMILES string of the molecule is NNc1ccc(Cl)cc1C(=O)Nc1ccc2ncsc2c1. The molecule has 0 atom stereocenters. The number of benzene rings is 2. The standard InChI is InChI=1S/C14H11ClN4OS/c15-8-1-3-11(19-16)10(5-8)14(20)18-9-2-4-12-13(6-9)21-7-17-12/h1-7,19H,16H2,(H,18,20). The van der Waals surface area contributed by atoms with Crippen molar-refractivity contribution < 1.29 is 4.79 Å². The largest absolute Gasteiger partial charge is 0.323 e. The van der Waals surface area contributed by atoms with Crippen LogP contribution in [-0.4, -0.2) is 10.9 Å². The van der Waals surface area contributed by atoms with Gasteiger partial charge in [-0.25, -0.2) is 4.98 Å². The molecule has 0 fully saturated rings. The van der Waals surface area contributed by atoms with Gasteiger partial charge in [0.05, 0.1) is 27.0 Å². The molecular weight excluding hydrogens is 308 g/mol. The molecule has 0 spiro atoms. The molecule has 2 aromatic carbocycles. The van der Waals surface area contributed by atoms with Gasteiger partial charge in [0.15, 0.2) is 0 Å². The van der Waals surface area contributed by atoms with Crippen LogP contribution in [0.2, 0.25) is 5.02 Å².